The van der Waals surface area contributed by atoms with E-state index in [0.717, 1.165) is 22.3 Å². The molecule has 2 rings (SSSR count). The van der Waals surface area contributed by atoms with E-state index in [0.29, 0.717) is 6.42 Å². The molecule has 1 aromatic heterocycles. The highest BCUT2D eigenvalue weighted by Gasteiger charge is 2.08. The van der Waals surface area contributed by atoms with Crippen LogP contribution in [0.1, 0.15) is 5.56 Å². The molecular formula is C11H12N2O2. The Bertz CT molecular complexity index is 502. The fourth-order valence-corrected chi connectivity index (χ4v) is 1.56. The third-order valence-electron chi connectivity index (χ3n) is 2.24. The van der Waals surface area contributed by atoms with Crippen molar-refractivity contribution in [2.75, 3.05) is 7.11 Å². The second kappa shape index (κ2) is 3.65. The number of nitrogens with two attached hydrogens (primary N) is 1. The van der Waals surface area contributed by atoms with Gasteiger partial charge in [-0.3, -0.25) is 5.41 Å². The van der Waals surface area contributed by atoms with Crippen molar-refractivity contribution in [2.45, 2.75) is 6.42 Å². The Labute approximate surface area is 87.1 Å². The fourth-order valence-electron chi connectivity index (χ4n) is 1.56. The van der Waals surface area contributed by atoms with Gasteiger partial charge in [0.25, 0.3) is 0 Å². The van der Waals surface area contributed by atoms with Gasteiger partial charge in [-0.25, -0.2) is 0 Å². The van der Waals surface area contributed by atoms with E-state index in [1.807, 2.05) is 18.2 Å². The van der Waals surface area contributed by atoms with Gasteiger partial charge < -0.3 is 14.9 Å². The van der Waals surface area contributed by atoms with Crippen LogP contribution in [0.4, 0.5) is 0 Å². The average Bonchev–Trinajstić information content (AvgIpc) is 2.62. The first-order chi connectivity index (χ1) is 7.20. The normalized spacial score (nSPS) is 10.5. The summed E-state index contributed by atoms with van der Waals surface area (Å²) in [5.41, 5.74) is 7.02. The summed E-state index contributed by atoms with van der Waals surface area (Å²) in [6, 6.07) is 5.61. The number of methoxy groups -OCH3 is 1. The van der Waals surface area contributed by atoms with Crippen LogP contribution < -0.4 is 10.5 Å². The molecule has 0 atom stereocenters. The number of hydrogen-bond acceptors (Lipinski definition) is 3. The van der Waals surface area contributed by atoms with Crippen LogP contribution >= 0.6 is 0 Å². The molecule has 1 heterocycles. The molecule has 78 valence electrons. The highest BCUT2D eigenvalue weighted by molar-refractivity contribution is 5.84. The van der Waals surface area contributed by atoms with E-state index < -0.39 is 0 Å². The number of amidine groups is 1. The Kier molecular flexibility index (Phi) is 2.33. The van der Waals surface area contributed by atoms with E-state index in [1.54, 1.807) is 13.4 Å². The maximum Gasteiger partial charge on any atom is 0.134 e. The second-order valence-corrected chi connectivity index (χ2v) is 3.32. The summed E-state index contributed by atoms with van der Waals surface area (Å²) in [4.78, 5) is 0. The molecule has 0 aliphatic heterocycles. The summed E-state index contributed by atoms with van der Waals surface area (Å²) < 4.78 is 10.5. The minimum atomic E-state index is 0.110. The Morgan fingerprint density at radius 3 is 3.00 bits per heavy atom. The van der Waals surface area contributed by atoms with Crippen LogP contribution in [0.25, 0.3) is 11.0 Å². The summed E-state index contributed by atoms with van der Waals surface area (Å²) in [6.07, 6.45) is 2.00. The lowest BCUT2D eigenvalue weighted by molar-refractivity contribution is 0.411. The number of nitrogens with one attached hydrogen (secondary N) is 1. The van der Waals surface area contributed by atoms with Crippen molar-refractivity contribution in [2.24, 2.45) is 5.73 Å². The standard InChI is InChI=1S/C11H12N2O2/c1-14-9-4-7-2-3-15-10(7)5-8(9)6-11(12)13/h2-5H,6H2,1H3,(H3,12,13). The zero-order chi connectivity index (χ0) is 10.8. The zero-order valence-corrected chi connectivity index (χ0v) is 8.41. The molecule has 0 fully saturated rings. The predicted octanol–water partition coefficient (Wildman–Crippen LogP) is 1.92. The molecular weight excluding hydrogens is 192 g/mol. The van der Waals surface area contributed by atoms with Crippen molar-refractivity contribution in [1.82, 2.24) is 0 Å². The van der Waals surface area contributed by atoms with E-state index >= 15 is 0 Å². The van der Waals surface area contributed by atoms with Crippen molar-refractivity contribution in [3.05, 3.63) is 30.0 Å². The molecule has 0 amide bonds. The van der Waals surface area contributed by atoms with Crippen LogP contribution in [-0.4, -0.2) is 12.9 Å². The van der Waals surface area contributed by atoms with E-state index in [1.165, 1.54) is 0 Å². The van der Waals surface area contributed by atoms with Crippen LogP contribution in [0.5, 0.6) is 5.75 Å². The highest BCUT2D eigenvalue weighted by Crippen LogP contribution is 2.26. The average molecular weight is 204 g/mol. The van der Waals surface area contributed by atoms with Gasteiger partial charge in [-0.2, -0.15) is 0 Å². The second-order valence-electron chi connectivity index (χ2n) is 3.32. The zero-order valence-electron chi connectivity index (χ0n) is 8.41. The molecule has 0 saturated carbocycles. The quantitative estimate of drug-likeness (QED) is 0.592. The number of benzene rings is 1. The molecule has 1 aromatic carbocycles. The molecule has 4 nitrogen and oxygen atoms in total. The number of furan rings is 1. The van der Waals surface area contributed by atoms with Gasteiger partial charge in [-0.15, -0.1) is 0 Å². The molecule has 2 aromatic rings. The summed E-state index contributed by atoms with van der Waals surface area (Å²) in [7, 11) is 1.60. The lowest BCUT2D eigenvalue weighted by atomic mass is 10.1. The van der Waals surface area contributed by atoms with Gasteiger partial charge in [-0.1, -0.05) is 0 Å². The van der Waals surface area contributed by atoms with Crippen molar-refractivity contribution in [3.63, 3.8) is 0 Å². The molecule has 15 heavy (non-hydrogen) atoms. The summed E-state index contributed by atoms with van der Waals surface area (Å²) in [5, 5.41) is 8.25. The molecule has 0 aliphatic rings. The molecule has 4 heteroatoms. The molecule has 3 N–H and O–H groups in total. The third-order valence-corrected chi connectivity index (χ3v) is 2.24. The van der Waals surface area contributed by atoms with E-state index in [9.17, 15) is 0 Å². The van der Waals surface area contributed by atoms with Crippen LogP contribution in [0.3, 0.4) is 0 Å². The lowest BCUT2D eigenvalue weighted by Crippen LogP contribution is -2.13. The number of hydrogen-bond donors (Lipinski definition) is 2. The topological polar surface area (TPSA) is 72.2 Å². The van der Waals surface area contributed by atoms with Crippen LogP contribution in [-0.2, 0) is 6.42 Å². The SMILES string of the molecule is COc1cc2ccoc2cc1CC(=N)N. The van der Waals surface area contributed by atoms with Gasteiger partial charge >= 0.3 is 0 Å². The molecule has 0 bridgehead atoms. The van der Waals surface area contributed by atoms with Gasteiger partial charge in [-0.05, 0) is 18.2 Å². The van der Waals surface area contributed by atoms with Crippen molar-refractivity contribution >= 4 is 16.8 Å². The Morgan fingerprint density at radius 2 is 2.33 bits per heavy atom. The predicted molar refractivity (Wildman–Crippen MR) is 58.4 cm³/mol. The lowest BCUT2D eigenvalue weighted by Gasteiger charge is -2.07. The third kappa shape index (κ3) is 1.79. The first-order valence-electron chi connectivity index (χ1n) is 4.57. The Hall–Kier alpha value is -1.97. The van der Waals surface area contributed by atoms with E-state index in [4.69, 9.17) is 20.3 Å². The van der Waals surface area contributed by atoms with Crippen molar-refractivity contribution in [1.29, 1.82) is 5.41 Å². The van der Waals surface area contributed by atoms with Gasteiger partial charge in [0.15, 0.2) is 0 Å². The van der Waals surface area contributed by atoms with Crippen LogP contribution in [0.15, 0.2) is 28.9 Å². The van der Waals surface area contributed by atoms with E-state index in [2.05, 4.69) is 0 Å². The minimum absolute atomic E-state index is 0.110. The van der Waals surface area contributed by atoms with Gasteiger partial charge in [0.05, 0.1) is 19.2 Å². The maximum atomic E-state index is 7.27. The molecule has 0 radical (unpaired) electrons. The summed E-state index contributed by atoms with van der Waals surface area (Å²) >= 11 is 0. The summed E-state index contributed by atoms with van der Waals surface area (Å²) in [6.45, 7) is 0. The maximum absolute atomic E-state index is 7.27. The van der Waals surface area contributed by atoms with Gasteiger partial charge in [0.1, 0.15) is 11.3 Å². The molecule has 0 spiro atoms. The largest absolute Gasteiger partial charge is 0.496 e. The number of ether oxygens (including phenoxy) is 1. The number of rotatable bonds is 3. The first kappa shape index (κ1) is 9.58. The fraction of sp³-hybridized carbons (Fsp3) is 0.182. The Balaban J connectivity index is 2.54. The van der Waals surface area contributed by atoms with Gasteiger partial charge in [0.2, 0.25) is 0 Å². The molecule has 0 unspecified atom stereocenters. The molecule has 0 saturated heterocycles. The van der Waals surface area contributed by atoms with Crippen LogP contribution in [0, 0.1) is 5.41 Å². The first-order valence-corrected chi connectivity index (χ1v) is 4.57. The number of fused-ring (bicyclic) bond motifs is 1. The minimum Gasteiger partial charge on any atom is -0.496 e. The monoisotopic (exact) mass is 204 g/mol. The van der Waals surface area contributed by atoms with Crippen molar-refractivity contribution in [3.8, 4) is 5.75 Å². The Morgan fingerprint density at radius 1 is 1.53 bits per heavy atom. The molecule has 0 aliphatic carbocycles. The summed E-state index contributed by atoms with van der Waals surface area (Å²) in [5.74, 6) is 0.846. The highest BCUT2D eigenvalue weighted by atomic mass is 16.5. The van der Waals surface area contributed by atoms with Gasteiger partial charge in [0, 0.05) is 17.4 Å². The smallest absolute Gasteiger partial charge is 0.134 e. The van der Waals surface area contributed by atoms with Crippen molar-refractivity contribution < 1.29 is 9.15 Å². The van der Waals surface area contributed by atoms with E-state index in [-0.39, 0.29) is 5.84 Å². The van der Waals surface area contributed by atoms with Crippen LogP contribution in [0.2, 0.25) is 0 Å².